The fourth-order valence-corrected chi connectivity index (χ4v) is 2.67. The summed E-state index contributed by atoms with van der Waals surface area (Å²) in [6, 6.07) is 0.298. The second kappa shape index (κ2) is 8.51. The van der Waals surface area contributed by atoms with E-state index in [-0.39, 0.29) is 23.8 Å². The first kappa shape index (κ1) is 18.9. The van der Waals surface area contributed by atoms with E-state index in [1.807, 2.05) is 34.6 Å². The van der Waals surface area contributed by atoms with E-state index < -0.39 is 5.41 Å². The Morgan fingerprint density at radius 2 is 1.77 bits per heavy atom. The first-order chi connectivity index (χ1) is 10.3. The molecule has 5 heteroatoms. The van der Waals surface area contributed by atoms with E-state index in [2.05, 4.69) is 10.8 Å². The third kappa shape index (κ3) is 5.95. The topological polar surface area (TPSA) is 67.4 Å². The smallest absolute Gasteiger partial charge is 0.248 e. The molecule has 22 heavy (non-hydrogen) atoms. The van der Waals surface area contributed by atoms with Crippen molar-refractivity contribution in [3.05, 3.63) is 0 Å². The number of amides is 2. The molecule has 2 N–H and O–H groups in total. The van der Waals surface area contributed by atoms with Gasteiger partial charge in [0.15, 0.2) is 0 Å². The lowest BCUT2D eigenvalue weighted by atomic mass is 9.93. The minimum Gasteiger partial charge on any atom is -0.353 e. The average molecular weight is 312 g/mol. The summed E-state index contributed by atoms with van der Waals surface area (Å²) >= 11 is 0. The molecule has 2 amide bonds. The van der Waals surface area contributed by atoms with Gasteiger partial charge in [0.25, 0.3) is 0 Å². The van der Waals surface area contributed by atoms with E-state index in [4.69, 9.17) is 4.84 Å². The van der Waals surface area contributed by atoms with E-state index in [0.29, 0.717) is 12.5 Å². The van der Waals surface area contributed by atoms with Crippen molar-refractivity contribution in [1.29, 1.82) is 0 Å². The van der Waals surface area contributed by atoms with Crippen LogP contribution in [0.2, 0.25) is 0 Å². The molecule has 1 rings (SSSR count). The molecule has 0 spiro atoms. The van der Waals surface area contributed by atoms with Crippen LogP contribution in [0.1, 0.15) is 73.1 Å². The Balaban J connectivity index is 2.47. The van der Waals surface area contributed by atoms with Gasteiger partial charge in [-0.25, -0.2) is 5.48 Å². The molecule has 5 nitrogen and oxygen atoms in total. The predicted octanol–water partition coefficient (Wildman–Crippen LogP) is 2.94. The summed E-state index contributed by atoms with van der Waals surface area (Å²) < 4.78 is 0. The van der Waals surface area contributed by atoms with E-state index in [9.17, 15) is 9.59 Å². The van der Waals surface area contributed by atoms with Gasteiger partial charge in [0.05, 0.1) is 12.0 Å². The minimum absolute atomic E-state index is 0.0342. The number of hydrogen-bond donors (Lipinski definition) is 2. The Hall–Kier alpha value is -1.10. The van der Waals surface area contributed by atoms with Crippen molar-refractivity contribution in [2.45, 2.75) is 85.3 Å². The maximum Gasteiger partial charge on any atom is 0.248 e. The quantitative estimate of drug-likeness (QED) is 0.741. The number of rotatable bonds is 6. The van der Waals surface area contributed by atoms with Gasteiger partial charge >= 0.3 is 0 Å². The van der Waals surface area contributed by atoms with Gasteiger partial charge in [-0.05, 0) is 26.2 Å². The monoisotopic (exact) mass is 312 g/mol. The van der Waals surface area contributed by atoms with Crippen molar-refractivity contribution < 1.29 is 14.4 Å². The SMILES string of the molecule is CC[C@@H](C(=O)NC1CCCCC1)[C@@H](C)ONC(=O)C(C)(C)C. The van der Waals surface area contributed by atoms with Gasteiger partial charge in [0.1, 0.15) is 0 Å². The molecular formula is C17H32N2O3. The molecule has 2 atom stereocenters. The lowest BCUT2D eigenvalue weighted by molar-refractivity contribution is -0.152. The van der Waals surface area contributed by atoms with Gasteiger partial charge in [-0.1, -0.05) is 47.0 Å². The summed E-state index contributed by atoms with van der Waals surface area (Å²) in [7, 11) is 0. The minimum atomic E-state index is -0.508. The van der Waals surface area contributed by atoms with Crippen molar-refractivity contribution in [3.63, 3.8) is 0 Å². The molecule has 0 bridgehead atoms. The van der Waals surface area contributed by atoms with Crippen LogP contribution in [-0.2, 0) is 14.4 Å². The lowest BCUT2D eigenvalue weighted by Gasteiger charge is -2.28. The van der Waals surface area contributed by atoms with Crippen LogP contribution in [-0.4, -0.2) is 24.0 Å². The van der Waals surface area contributed by atoms with Crippen molar-refractivity contribution in [3.8, 4) is 0 Å². The standard InChI is InChI=1S/C17H32N2O3/c1-6-14(12(2)22-19-16(21)17(3,4)5)15(20)18-13-10-8-7-9-11-13/h12-14H,6-11H2,1-5H3,(H,18,20)(H,19,21)/t12-,14-/m1/s1. The fraction of sp³-hybridized carbons (Fsp3) is 0.882. The highest BCUT2D eigenvalue weighted by Gasteiger charge is 2.29. The van der Waals surface area contributed by atoms with E-state index in [1.54, 1.807) is 0 Å². The zero-order valence-electron chi connectivity index (χ0n) is 14.7. The molecule has 0 saturated heterocycles. The van der Waals surface area contributed by atoms with E-state index >= 15 is 0 Å². The molecule has 0 heterocycles. The molecule has 0 aromatic carbocycles. The molecular weight excluding hydrogens is 280 g/mol. The molecule has 1 aliphatic rings. The molecule has 0 aliphatic heterocycles. The van der Waals surface area contributed by atoms with Gasteiger partial charge in [-0.2, -0.15) is 0 Å². The van der Waals surface area contributed by atoms with Gasteiger partial charge in [-0.15, -0.1) is 0 Å². The van der Waals surface area contributed by atoms with Crippen LogP contribution in [0.25, 0.3) is 0 Å². The summed E-state index contributed by atoms with van der Waals surface area (Å²) in [5.74, 6) is -0.393. The first-order valence-corrected chi connectivity index (χ1v) is 8.52. The average Bonchev–Trinajstić information content (AvgIpc) is 2.45. The number of carbonyl (C=O) groups excluding carboxylic acids is 2. The van der Waals surface area contributed by atoms with Crippen molar-refractivity contribution in [2.75, 3.05) is 0 Å². The lowest BCUT2D eigenvalue weighted by Crippen LogP contribution is -2.45. The van der Waals surface area contributed by atoms with Crippen LogP contribution >= 0.6 is 0 Å². The van der Waals surface area contributed by atoms with Crippen LogP contribution in [0.5, 0.6) is 0 Å². The highest BCUT2D eigenvalue weighted by molar-refractivity contribution is 5.81. The zero-order valence-corrected chi connectivity index (χ0v) is 14.7. The molecule has 0 radical (unpaired) electrons. The van der Waals surface area contributed by atoms with Gasteiger partial charge in [-0.3, -0.25) is 14.4 Å². The summed E-state index contributed by atoms with van der Waals surface area (Å²) in [6.07, 6.45) is 6.12. The largest absolute Gasteiger partial charge is 0.353 e. The Kier molecular flexibility index (Phi) is 7.33. The summed E-state index contributed by atoms with van der Waals surface area (Å²) in [5, 5.41) is 3.14. The highest BCUT2D eigenvalue weighted by Crippen LogP contribution is 2.19. The van der Waals surface area contributed by atoms with Crippen LogP contribution in [0.4, 0.5) is 0 Å². The van der Waals surface area contributed by atoms with Crippen molar-refractivity contribution in [1.82, 2.24) is 10.8 Å². The Morgan fingerprint density at radius 1 is 1.18 bits per heavy atom. The second-order valence-corrected chi connectivity index (χ2v) is 7.36. The van der Waals surface area contributed by atoms with Crippen molar-refractivity contribution in [2.24, 2.45) is 11.3 Å². The maximum atomic E-state index is 12.4. The van der Waals surface area contributed by atoms with Gasteiger partial charge in [0, 0.05) is 11.5 Å². The third-order valence-electron chi connectivity index (χ3n) is 4.31. The number of nitrogens with one attached hydrogen (secondary N) is 2. The second-order valence-electron chi connectivity index (χ2n) is 7.36. The molecule has 1 saturated carbocycles. The Labute approximate surface area is 134 Å². The van der Waals surface area contributed by atoms with Crippen molar-refractivity contribution >= 4 is 11.8 Å². The molecule has 1 aliphatic carbocycles. The van der Waals surface area contributed by atoms with E-state index in [1.165, 1.54) is 19.3 Å². The molecule has 128 valence electrons. The summed E-state index contributed by atoms with van der Waals surface area (Å²) in [5.41, 5.74) is 1.97. The number of carbonyl (C=O) groups is 2. The zero-order chi connectivity index (χ0) is 16.8. The summed E-state index contributed by atoms with van der Waals surface area (Å²) in [4.78, 5) is 29.7. The predicted molar refractivity (Wildman–Crippen MR) is 86.9 cm³/mol. The molecule has 0 aromatic heterocycles. The molecule has 0 aromatic rings. The normalized spacial score (nSPS) is 19.3. The summed E-state index contributed by atoms with van der Waals surface area (Å²) in [6.45, 7) is 9.27. The molecule has 1 fully saturated rings. The number of hydroxylamine groups is 1. The number of hydrogen-bond acceptors (Lipinski definition) is 3. The van der Waals surface area contributed by atoms with E-state index in [0.717, 1.165) is 12.8 Å². The van der Waals surface area contributed by atoms with Crippen LogP contribution < -0.4 is 10.8 Å². The first-order valence-electron chi connectivity index (χ1n) is 8.52. The van der Waals surface area contributed by atoms with Gasteiger partial charge < -0.3 is 5.32 Å². The maximum absolute atomic E-state index is 12.4. The highest BCUT2D eigenvalue weighted by atomic mass is 16.7. The van der Waals surface area contributed by atoms with Crippen LogP contribution in [0.15, 0.2) is 0 Å². The fourth-order valence-electron chi connectivity index (χ4n) is 2.67. The van der Waals surface area contributed by atoms with Crippen LogP contribution in [0, 0.1) is 11.3 Å². The van der Waals surface area contributed by atoms with Gasteiger partial charge in [0.2, 0.25) is 11.8 Å². The third-order valence-corrected chi connectivity index (χ3v) is 4.31. The molecule has 0 unspecified atom stereocenters. The van der Waals surface area contributed by atoms with Crippen LogP contribution in [0.3, 0.4) is 0 Å². The Bertz CT molecular complexity index is 371. The Morgan fingerprint density at radius 3 is 2.27 bits per heavy atom.